The van der Waals surface area contributed by atoms with Gasteiger partial charge in [-0.25, -0.2) is 4.98 Å². The first-order valence-electron chi connectivity index (χ1n) is 10.8. The molecule has 1 N–H and O–H groups in total. The van der Waals surface area contributed by atoms with Crippen molar-refractivity contribution in [2.75, 3.05) is 45.6 Å². The third kappa shape index (κ3) is 6.55. The van der Waals surface area contributed by atoms with E-state index >= 15 is 0 Å². The number of rotatable bonds is 11. The van der Waals surface area contributed by atoms with Crippen molar-refractivity contribution in [1.82, 2.24) is 19.8 Å². The van der Waals surface area contributed by atoms with Crippen LogP contribution in [0.2, 0.25) is 0 Å². The minimum atomic E-state index is -0.0571. The van der Waals surface area contributed by atoms with Crippen molar-refractivity contribution in [1.29, 1.82) is 0 Å². The van der Waals surface area contributed by atoms with Crippen LogP contribution in [-0.4, -0.2) is 66.0 Å². The van der Waals surface area contributed by atoms with Gasteiger partial charge in [-0.3, -0.25) is 14.2 Å². The highest BCUT2D eigenvalue weighted by molar-refractivity contribution is 7.99. The van der Waals surface area contributed by atoms with Crippen LogP contribution in [0, 0.1) is 0 Å². The van der Waals surface area contributed by atoms with Gasteiger partial charge in [0.25, 0.3) is 5.56 Å². The van der Waals surface area contributed by atoms with E-state index in [9.17, 15) is 9.59 Å². The Morgan fingerprint density at radius 1 is 1.17 bits per heavy atom. The molecule has 1 aliphatic rings. The molecular weight excluding hydrogens is 400 g/mol. The van der Waals surface area contributed by atoms with Gasteiger partial charge in [0.05, 0.1) is 16.7 Å². The molecule has 0 radical (unpaired) electrons. The molecule has 0 aliphatic carbocycles. The van der Waals surface area contributed by atoms with Crippen molar-refractivity contribution in [2.45, 2.75) is 43.8 Å². The molecule has 1 aromatic heterocycles. The molecule has 3 rings (SSSR count). The molecule has 0 saturated carbocycles. The van der Waals surface area contributed by atoms with Crippen molar-refractivity contribution in [3.05, 3.63) is 34.6 Å². The third-order valence-electron chi connectivity index (χ3n) is 5.31. The second-order valence-corrected chi connectivity index (χ2v) is 8.55. The van der Waals surface area contributed by atoms with Crippen LogP contribution >= 0.6 is 11.8 Å². The van der Waals surface area contributed by atoms with Gasteiger partial charge in [0.2, 0.25) is 5.91 Å². The fourth-order valence-corrected chi connectivity index (χ4v) is 4.57. The van der Waals surface area contributed by atoms with E-state index in [1.54, 1.807) is 11.7 Å². The number of carbonyl (C=O) groups is 1. The molecule has 0 bridgehead atoms. The number of para-hydroxylation sites is 1. The Hall–Kier alpha value is -1.90. The zero-order valence-electron chi connectivity index (χ0n) is 17.8. The molecule has 2 heterocycles. The van der Waals surface area contributed by atoms with Gasteiger partial charge in [-0.2, -0.15) is 0 Å². The van der Waals surface area contributed by atoms with E-state index in [0.717, 1.165) is 32.5 Å². The van der Waals surface area contributed by atoms with Crippen molar-refractivity contribution in [2.24, 2.45) is 0 Å². The van der Waals surface area contributed by atoms with Crippen LogP contribution < -0.4 is 10.9 Å². The van der Waals surface area contributed by atoms with E-state index < -0.39 is 0 Å². The molecule has 164 valence electrons. The Labute approximate surface area is 182 Å². The van der Waals surface area contributed by atoms with Gasteiger partial charge in [0.1, 0.15) is 0 Å². The Morgan fingerprint density at radius 3 is 2.77 bits per heavy atom. The van der Waals surface area contributed by atoms with Crippen LogP contribution in [0.25, 0.3) is 10.9 Å². The predicted molar refractivity (Wildman–Crippen MR) is 121 cm³/mol. The van der Waals surface area contributed by atoms with Gasteiger partial charge in [0, 0.05) is 26.8 Å². The maximum Gasteiger partial charge on any atom is 0.262 e. The van der Waals surface area contributed by atoms with Crippen molar-refractivity contribution < 1.29 is 9.53 Å². The second-order valence-electron chi connectivity index (χ2n) is 7.61. The van der Waals surface area contributed by atoms with E-state index in [1.165, 1.54) is 31.0 Å². The van der Waals surface area contributed by atoms with Crippen molar-refractivity contribution in [3.8, 4) is 0 Å². The molecular formula is C22H32N4O3S. The number of thioether (sulfide) groups is 1. The lowest BCUT2D eigenvalue weighted by molar-refractivity contribution is -0.118. The summed E-state index contributed by atoms with van der Waals surface area (Å²) in [6, 6.07) is 7.42. The van der Waals surface area contributed by atoms with Gasteiger partial charge in [-0.05, 0) is 57.5 Å². The largest absolute Gasteiger partial charge is 0.385 e. The summed E-state index contributed by atoms with van der Waals surface area (Å²) in [5, 5.41) is 4.13. The fraction of sp³-hybridized carbons (Fsp3) is 0.591. The van der Waals surface area contributed by atoms with Crippen molar-refractivity contribution in [3.63, 3.8) is 0 Å². The molecule has 0 unspecified atom stereocenters. The van der Waals surface area contributed by atoms with Crippen LogP contribution in [0.5, 0.6) is 0 Å². The zero-order chi connectivity index (χ0) is 21.2. The van der Waals surface area contributed by atoms with Gasteiger partial charge in [0.15, 0.2) is 5.16 Å². The number of nitrogens with zero attached hydrogens (tertiary/aromatic N) is 3. The number of amides is 1. The summed E-state index contributed by atoms with van der Waals surface area (Å²) in [6.45, 7) is 5.11. The fourth-order valence-electron chi connectivity index (χ4n) is 3.72. The number of benzene rings is 1. The van der Waals surface area contributed by atoms with Crippen LogP contribution in [0.15, 0.2) is 34.2 Å². The summed E-state index contributed by atoms with van der Waals surface area (Å²) < 4.78 is 6.74. The number of carbonyl (C=O) groups excluding carboxylic acids is 1. The summed E-state index contributed by atoms with van der Waals surface area (Å²) in [7, 11) is 1.65. The topological polar surface area (TPSA) is 76.5 Å². The number of hydrogen-bond acceptors (Lipinski definition) is 6. The highest BCUT2D eigenvalue weighted by Gasteiger charge is 2.14. The minimum Gasteiger partial charge on any atom is -0.385 e. The molecule has 30 heavy (non-hydrogen) atoms. The Morgan fingerprint density at radius 2 is 1.97 bits per heavy atom. The molecule has 8 heteroatoms. The molecule has 1 aromatic carbocycles. The monoisotopic (exact) mass is 432 g/mol. The lowest BCUT2D eigenvalue weighted by atomic mass is 10.1. The summed E-state index contributed by atoms with van der Waals surface area (Å²) in [5.41, 5.74) is 0.653. The lowest BCUT2D eigenvalue weighted by Crippen LogP contribution is -2.32. The van der Waals surface area contributed by atoms with Gasteiger partial charge >= 0.3 is 0 Å². The number of ether oxygens (including phenoxy) is 1. The SMILES string of the molecule is COCCCNC(=O)CSc1nc2ccccc2c(=O)n1CCCN1CCCCC1. The van der Waals surface area contributed by atoms with Crippen molar-refractivity contribution >= 4 is 28.6 Å². The first-order valence-corrected chi connectivity index (χ1v) is 11.8. The number of fused-ring (bicyclic) bond motifs is 1. The highest BCUT2D eigenvalue weighted by Crippen LogP contribution is 2.18. The van der Waals surface area contributed by atoms with Crippen LogP contribution in [0.3, 0.4) is 0 Å². The number of methoxy groups -OCH3 is 1. The van der Waals surface area contributed by atoms with E-state index in [2.05, 4.69) is 10.2 Å². The molecule has 1 amide bonds. The summed E-state index contributed by atoms with van der Waals surface area (Å²) in [5.74, 6) is 0.183. The smallest absolute Gasteiger partial charge is 0.262 e. The van der Waals surface area contributed by atoms with E-state index in [0.29, 0.717) is 35.8 Å². The third-order valence-corrected chi connectivity index (χ3v) is 6.29. The first kappa shape index (κ1) is 22.8. The van der Waals surface area contributed by atoms with Crippen LogP contribution in [0.1, 0.15) is 32.1 Å². The van der Waals surface area contributed by atoms with Crippen LogP contribution in [0.4, 0.5) is 0 Å². The number of piperidine rings is 1. The molecule has 0 atom stereocenters. The van der Waals surface area contributed by atoms with E-state index in [1.807, 2.05) is 24.3 Å². The average Bonchev–Trinajstić information content (AvgIpc) is 2.78. The quantitative estimate of drug-likeness (QED) is 0.334. The number of aromatic nitrogens is 2. The minimum absolute atomic E-state index is 0.0257. The first-order chi connectivity index (χ1) is 14.7. The summed E-state index contributed by atoms with van der Waals surface area (Å²) >= 11 is 1.33. The van der Waals surface area contributed by atoms with E-state index in [4.69, 9.17) is 9.72 Å². The summed E-state index contributed by atoms with van der Waals surface area (Å²) in [6.07, 6.45) is 5.52. The molecule has 2 aromatic rings. The maximum atomic E-state index is 13.1. The number of likely N-dealkylation sites (tertiary alicyclic amines) is 1. The zero-order valence-corrected chi connectivity index (χ0v) is 18.6. The predicted octanol–water partition coefficient (Wildman–Crippen LogP) is 2.52. The van der Waals surface area contributed by atoms with Gasteiger partial charge in [-0.15, -0.1) is 0 Å². The molecule has 1 fully saturated rings. The van der Waals surface area contributed by atoms with E-state index in [-0.39, 0.29) is 17.2 Å². The number of nitrogens with one attached hydrogen (secondary N) is 1. The Bertz CT molecular complexity index is 880. The Kier molecular flexibility index (Phi) is 9.17. The second kappa shape index (κ2) is 12.1. The van der Waals surface area contributed by atoms with Crippen LogP contribution in [-0.2, 0) is 16.1 Å². The highest BCUT2D eigenvalue weighted by atomic mass is 32.2. The standard InChI is InChI=1S/C22H32N4O3S/c1-29-16-7-11-23-20(27)17-30-22-24-19-10-4-3-9-18(19)21(28)26(22)15-8-14-25-12-5-2-6-13-25/h3-4,9-10H,2,5-8,11-17H2,1H3,(H,23,27). The normalized spacial score (nSPS) is 14.8. The average molecular weight is 433 g/mol. The lowest BCUT2D eigenvalue weighted by Gasteiger charge is -2.26. The Balaban J connectivity index is 1.66. The number of hydrogen-bond donors (Lipinski definition) is 1. The summed E-state index contributed by atoms with van der Waals surface area (Å²) in [4.78, 5) is 32.4. The van der Waals surface area contributed by atoms with Gasteiger partial charge < -0.3 is 15.0 Å². The molecule has 1 aliphatic heterocycles. The van der Waals surface area contributed by atoms with Gasteiger partial charge in [-0.1, -0.05) is 30.3 Å². The molecule has 7 nitrogen and oxygen atoms in total. The molecule has 0 spiro atoms. The molecule has 1 saturated heterocycles. The maximum absolute atomic E-state index is 13.1.